The number of likely N-dealkylation sites (tertiary alicyclic amines) is 1. The van der Waals surface area contributed by atoms with Gasteiger partial charge in [0.25, 0.3) is 11.6 Å². The molecule has 14 heteroatoms. The summed E-state index contributed by atoms with van der Waals surface area (Å²) in [5.74, 6) is -3.79. The molecule has 0 unspecified atom stereocenters. The van der Waals surface area contributed by atoms with Crippen LogP contribution >= 0.6 is 0 Å². The first-order valence-electron chi connectivity index (χ1n) is 11.0. The van der Waals surface area contributed by atoms with Gasteiger partial charge in [0.15, 0.2) is 0 Å². The first-order chi connectivity index (χ1) is 16.1. The zero-order valence-corrected chi connectivity index (χ0v) is 20.6. The summed E-state index contributed by atoms with van der Waals surface area (Å²) in [6.07, 6.45) is -1.58. The number of benzene rings is 1. The number of piperidine rings is 1. The summed E-state index contributed by atoms with van der Waals surface area (Å²) in [5, 5.41) is 12.7. The van der Waals surface area contributed by atoms with E-state index in [4.69, 9.17) is 4.74 Å². The van der Waals surface area contributed by atoms with E-state index in [0.717, 1.165) is 24.3 Å². The highest BCUT2D eigenvalue weighted by molar-refractivity contribution is 7.89. The van der Waals surface area contributed by atoms with Crippen LogP contribution in [0.2, 0.25) is 0 Å². The number of nitrogens with one attached hydrogen (secondary N) is 2. The van der Waals surface area contributed by atoms with E-state index in [9.17, 15) is 36.9 Å². The van der Waals surface area contributed by atoms with Crippen LogP contribution in [0.25, 0.3) is 0 Å². The first kappa shape index (κ1) is 28.4. The average Bonchev–Trinajstić information content (AvgIpc) is 2.75. The van der Waals surface area contributed by atoms with Crippen molar-refractivity contribution in [3.8, 4) is 0 Å². The van der Waals surface area contributed by atoms with Crippen LogP contribution in [0.3, 0.4) is 0 Å². The number of non-ortho nitro benzene ring substituents is 1. The molecule has 0 bridgehead atoms. The molecule has 1 aromatic rings. The zero-order valence-electron chi connectivity index (χ0n) is 19.8. The molecule has 1 aliphatic rings. The Morgan fingerprint density at radius 3 is 2.26 bits per heavy atom. The predicted molar refractivity (Wildman–Crippen MR) is 121 cm³/mol. The number of carbonyl (C=O) groups excluding carboxylic acids is 2. The van der Waals surface area contributed by atoms with Crippen molar-refractivity contribution in [2.45, 2.75) is 68.9 Å². The van der Waals surface area contributed by atoms with Gasteiger partial charge in [0, 0.05) is 44.1 Å². The second-order valence-electron chi connectivity index (χ2n) is 9.24. The summed E-state index contributed by atoms with van der Waals surface area (Å²) in [5.41, 5.74) is -1.06. The topological polar surface area (TPSA) is 148 Å². The van der Waals surface area contributed by atoms with Gasteiger partial charge in [-0.3, -0.25) is 14.9 Å². The molecule has 196 valence electrons. The standard InChI is InChI=1S/C21H30F2N4O7S/c1-20(2,3)34-19(29)24-14-21(22,23)11-8-18(28)26-12-9-15(10-13-26)25-35(32,33)17-6-4-16(5-7-17)27(30)31/h4-7,15,25H,8-14H2,1-3H3,(H,24,29). The largest absolute Gasteiger partial charge is 0.444 e. The highest BCUT2D eigenvalue weighted by Crippen LogP contribution is 2.22. The lowest BCUT2D eigenvalue weighted by Crippen LogP contribution is -2.47. The van der Waals surface area contributed by atoms with Gasteiger partial charge in [-0.05, 0) is 45.7 Å². The van der Waals surface area contributed by atoms with Crippen molar-refractivity contribution in [2.24, 2.45) is 0 Å². The maximum Gasteiger partial charge on any atom is 0.407 e. The molecule has 0 saturated carbocycles. The second kappa shape index (κ2) is 11.2. The molecular formula is C21H30F2N4O7S. The van der Waals surface area contributed by atoms with E-state index in [0.29, 0.717) is 0 Å². The number of nitro groups is 1. The van der Waals surface area contributed by atoms with Gasteiger partial charge in [0.05, 0.1) is 16.4 Å². The summed E-state index contributed by atoms with van der Waals surface area (Å²) in [6.45, 7) is 4.23. The quantitative estimate of drug-likeness (QED) is 0.376. The maximum atomic E-state index is 14.1. The van der Waals surface area contributed by atoms with Gasteiger partial charge < -0.3 is 15.0 Å². The Balaban J connectivity index is 1.78. The monoisotopic (exact) mass is 520 g/mol. The lowest BCUT2D eigenvalue weighted by molar-refractivity contribution is -0.384. The van der Waals surface area contributed by atoms with Crippen LogP contribution in [-0.4, -0.2) is 67.4 Å². The van der Waals surface area contributed by atoms with Crippen molar-refractivity contribution >= 4 is 27.7 Å². The maximum absolute atomic E-state index is 14.1. The van der Waals surface area contributed by atoms with Crippen molar-refractivity contribution in [2.75, 3.05) is 19.6 Å². The van der Waals surface area contributed by atoms with Gasteiger partial charge >= 0.3 is 6.09 Å². The molecule has 2 N–H and O–H groups in total. The summed E-state index contributed by atoms with van der Waals surface area (Å²) in [7, 11) is -3.91. The van der Waals surface area contributed by atoms with Gasteiger partial charge in [-0.15, -0.1) is 0 Å². The summed E-state index contributed by atoms with van der Waals surface area (Å²) >= 11 is 0. The van der Waals surface area contributed by atoms with Crippen LogP contribution < -0.4 is 10.0 Å². The minimum Gasteiger partial charge on any atom is -0.444 e. The first-order valence-corrected chi connectivity index (χ1v) is 12.5. The third-order valence-corrected chi connectivity index (χ3v) is 6.66. The molecule has 1 heterocycles. The van der Waals surface area contributed by atoms with Gasteiger partial charge in [0.2, 0.25) is 15.9 Å². The van der Waals surface area contributed by atoms with E-state index in [1.54, 1.807) is 20.8 Å². The summed E-state index contributed by atoms with van der Waals surface area (Å²) in [6, 6.07) is 3.98. The SMILES string of the molecule is CC(C)(C)OC(=O)NCC(F)(F)CCC(=O)N1CCC(NS(=O)(=O)c2ccc([N+](=O)[O-])cc2)CC1. The van der Waals surface area contributed by atoms with Crippen LogP contribution in [0.15, 0.2) is 29.2 Å². The second-order valence-corrected chi connectivity index (χ2v) is 11.0. The Morgan fingerprint density at radius 1 is 1.17 bits per heavy atom. The summed E-state index contributed by atoms with van der Waals surface area (Å²) in [4.78, 5) is 35.2. The molecule has 0 aromatic heterocycles. The smallest absolute Gasteiger partial charge is 0.407 e. The molecule has 1 fully saturated rings. The number of sulfonamides is 1. The number of rotatable bonds is 9. The molecule has 2 rings (SSSR count). The van der Waals surface area contributed by atoms with E-state index in [2.05, 4.69) is 4.72 Å². The Morgan fingerprint density at radius 2 is 1.74 bits per heavy atom. The number of hydrogen-bond donors (Lipinski definition) is 2. The van der Waals surface area contributed by atoms with E-state index >= 15 is 0 Å². The zero-order chi connectivity index (χ0) is 26.4. The summed E-state index contributed by atoms with van der Waals surface area (Å²) < 4.78 is 60.6. The molecular weight excluding hydrogens is 490 g/mol. The molecule has 0 aliphatic carbocycles. The normalized spacial score (nSPS) is 15.5. The lowest BCUT2D eigenvalue weighted by Gasteiger charge is -2.32. The van der Waals surface area contributed by atoms with Crippen LogP contribution in [-0.2, 0) is 19.6 Å². The molecule has 1 aliphatic heterocycles. The number of nitro benzene ring substituents is 1. The molecule has 11 nitrogen and oxygen atoms in total. The number of carbonyl (C=O) groups is 2. The molecule has 0 atom stereocenters. The minimum atomic E-state index is -3.91. The molecule has 1 saturated heterocycles. The molecule has 2 amide bonds. The minimum absolute atomic E-state index is 0.121. The lowest BCUT2D eigenvalue weighted by atomic mass is 10.0. The Bertz CT molecular complexity index is 1020. The Hall–Kier alpha value is -2.87. The number of nitrogens with zero attached hydrogens (tertiary/aromatic N) is 2. The van der Waals surface area contributed by atoms with Gasteiger partial charge in [0.1, 0.15) is 5.60 Å². The number of halogens is 2. The van der Waals surface area contributed by atoms with Crippen molar-refractivity contribution in [1.29, 1.82) is 0 Å². The highest BCUT2D eigenvalue weighted by atomic mass is 32.2. The molecule has 0 radical (unpaired) electrons. The number of alkyl halides is 2. The average molecular weight is 521 g/mol. The van der Waals surface area contributed by atoms with Crippen molar-refractivity contribution in [1.82, 2.24) is 14.9 Å². The van der Waals surface area contributed by atoms with Crippen LogP contribution in [0, 0.1) is 10.1 Å². The van der Waals surface area contributed by atoms with Crippen LogP contribution in [0.4, 0.5) is 19.3 Å². The highest BCUT2D eigenvalue weighted by Gasteiger charge is 2.33. The fourth-order valence-electron chi connectivity index (χ4n) is 3.33. The third kappa shape index (κ3) is 9.36. The van der Waals surface area contributed by atoms with E-state index < -0.39 is 63.9 Å². The fraction of sp³-hybridized carbons (Fsp3) is 0.619. The third-order valence-electron chi connectivity index (χ3n) is 5.12. The fourth-order valence-corrected chi connectivity index (χ4v) is 4.64. The Labute approximate surface area is 202 Å². The van der Waals surface area contributed by atoms with E-state index in [-0.39, 0.29) is 36.5 Å². The van der Waals surface area contributed by atoms with Gasteiger partial charge in [-0.2, -0.15) is 0 Å². The van der Waals surface area contributed by atoms with Crippen molar-refractivity contribution < 1.29 is 36.4 Å². The van der Waals surface area contributed by atoms with Gasteiger partial charge in [-0.1, -0.05) is 0 Å². The predicted octanol–water partition coefficient (Wildman–Crippen LogP) is 2.80. The van der Waals surface area contributed by atoms with Crippen molar-refractivity contribution in [3.05, 3.63) is 34.4 Å². The van der Waals surface area contributed by atoms with E-state index in [1.807, 2.05) is 5.32 Å². The number of ether oxygens (including phenoxy) is 1. The van der Waals surface area contributed by atoms with E-state index in [1.165, 1.54) is 4.90 Å². The molecule has 35 heavy (non-hydrogen) atoms. The Kier molecular flexibility index (Phi) is 9.11. The number of hydrogen-bond acceptors (Lipinski definition) is 7. The molecule has 0 spiro atoms. The number of alkyl carbamates (subject to hydrolysis) is 1. The molecule has 1 aromatic carbocycles. The van der Waals surface area contributed by atoms with Gasteiger partial charge in [-0.25, -0.2) is 26.7 Å². The number of amides is 2. The van der Waals surface area contributed by atoms with Crippen LogP contribution in [0.1, 0.15) is 46.5 Å². The van der Waals surface area contributed by atoms with Crippen LogP contribution in [0.5, 0.6) is 0 Å². The van der Waals surface area contributed by atoms with Crippen molar-refractivity contribution in [3.63, 3.8) is 0 Å².